The minimum atomic E-state index is -0.736. The number of hydrogen-bond acceptors (Lipinski definition) is 3. The van der Waals surface area contributed by atoms with Gasteiger partial charge in [-0.25, -0.2) is 9.97 Å². The predicted octanol–water partition coefficient (Wildman–Crippen LogP) is 3.13. The highest BCUT2D eigenvalue weighted by Gasteiger charge is 2.21. The molecule has 3 nitrogen and oxygen atoms in total. The Hall–Kier alpha value is -1.74. The van der Waals surface area contributed by atoms with Crippen LogP contribution >= 0.6 is 0 Å². The zero-order chi connectivity index (χ0) is 13.2. The van der Waals surface area contributed by atoms with Gasteiger partial charge in [-0.15, -0.1) is 0 Å². The van der Waals surface area contributed by atoms with E-state index in [1.807, 2.05) is 19.1 Å². The number of aromatic nitrogens is 2. The van der Waals surface area contributed by atoms with Crippen LogP contribution in [0.25, 0.3) is 0 Å². The third kappa shape index (κ3) is 2.51. The van der Waals surface area contributed by atoms with Gasteiger partial charge in [-0.3, -0.25) is 0 Å². The maximum Gasteiger partial charge on any atom is 0.161 e. The van der Waals surface area contributed by atoms with Crippen LogP contribution < -0.4 is 0 Å². The Bertz CT molecular complexity index is 561. The van der Waals surface area contributed by atoms with Gasteiger partial charge in [0.05, 0.1) is 0 Å². The lowest BCUT2D eigenvalue weighted by atomic mass is 9.79. The molecule has 1 N–H and O–H groups in total. The first-order chi connectivity index (χ1) is 9.24. The van der Waals surface area contributed by atoms with Gasteiger partial charge in [0.2, 0.25) is 0 Å². The van der Waals surface area contributed by atoms with Crippen LogP contribution in [0.1, 0.15) is 53.8 Å². The fourth-order valence-electron chi connectivity index (χ4n) is 2.42. The molecule has 3 rings (SSSR count). The molecule has 1 aliphatic rings. The Kier molecular flexibility index (Phi) is 3.30. The minimum absolute atomic E-state index is 0.469. The summed E-state index contributed by atoms with van der Waals surface area (Å²) in [7, 11) is 0. The van der Waals surface area contributed by atoms with Crippen molar-refractivity contribution in [1.82, 2.24) is 9.97 Å². The largest absolute Gasteiger partial charge is 0.380 e. The van der Waals surface area contributed by atoms with Gasteiger partial charge in [-0.05, 0) is 42.4 Å². The van der Waals surface area contributed by atoms with E-state index in [-0.39, 0.29) is 0 Å². The lowest BCUT2D eigenvalue weighted by molar-refractivity contribution is 0.209. The van der Waals surface area contributed by atoms with Crippen molar-refractivity contribution in [2.75, 3.05) is 0 Å². The maximum absolute atomic E-state index is 10.4. The summed E-state index contributed by atoms with van der Waals surface area (Å²) in [5.41, 5.74) is 3.21. The van der Waals surface area contributed by atoms with Crippen LogP contribution in [-0.2, 0) is 0 Å². The van der Waals surface area contributed by atoms with Gasteiger partial charge in [0.1, 0.15) is 6.10 Å². The Morgan fingerprint density at radius 3 is 2.58 bits per heavy atom. The Morgan fingerprint density at radius 2 is 1.95 bits per heavy atom. The van der Waals surface area contributed by atoms with Crippen molar-refractivity contribution in [3.8, 4) is 0 Å². The van der Waals surface area contributed by atoms with Crippen LogP contribution in [0.15, 0.2) is 36.7 Å². The normalized spacial score (nSPS) is 16.9. The Balaban J connectivity index is 1.86. The van der Waals surface area contributed by atoms with E-state index >= 15 is 0 Å². The van der Waals surface area contributed by atoms with Gasteiger partial charge in [0.25, 0.3) is 0 Å². The number of aliphatic hydroxyl groups is 1. The first kappa shape index (κ1) is 12.3. The van der Waals surface area contributed by atoms with Gasteiger partial charge in [-0.1, -0.05) is 30.7 Å². The Morgan fingerprint density at radius 1 is 1.21 bits per heavy atom. The zero-order valence-electron chi connectivity index (χ0n) is 11.1. The van der Waals surface area contributed by atoms with Crippen molar-refractivity contribution in [1.29, 1.82) is 0 Å². The Labute approximate surface area is 113 Å². The lowest BCUT2D eigenvalue weighted by Crippen LogP contribution is -2.10. The molecule has 0 radical (unpaired) electrons. The second-order valence-electron chi connectivity index (χ2n) is 5.32. The van der Waals surface area contributed by atoms with Crippen LogP contribution in [0.5, 0.6) is 0 Å². The molecule has 0 amide bonds. The molecule has 1 aromatic heterocycles. The number of hydrogen-bond donors (Lipinski definition) is 1. The summed E-state index contributed by atoms with van der Waals surface area (Å²) in [6, 6.07) is 8.20. The van der Waals surface area contributed by atoms with Crippen molar-refractivity contribution in [2.24, 2.45) is 0 Å². The average Bonchev–Trinajstić information content (AvgIpc) is 2.37. The molecular weight excluding hydrogens is 236 g/mol. The van der Waals surface area contributed by atoms with Crippen molar-refractivity contribution in [3.63, 3.8) is 0 Å². The van der Waals surface area contributed by atoms with E-state index in [0.717, 1.165) is 11.1 Å². The minimum Gasteiger partial charge on any atom is -0.380 e. The molecule has 0 spiro atoms. The molecule has 1 aliphatic carbocycles. The van der Waals surface area contributed by atoms with Crippen molar-refractivity contribution in [2.45, 2.75) is 38.2 Å². The van der Waals surface area contributed by atoms with E-state index in [1.165, 1.54) is 24.8 Å². The molecule has 1 fully saturated rings. The second kappa shape index (κ2) is 5.10. The van der Waals surface area contributed by atoms with Gasteiger partial charge in [0.15, 0.2) is 5.82 Å². The molecule has 1 unspecified atom stereocenters. The molecule has 0 bridgehead atoms. The second-order valence-corrected chi connectivity index (χ2v) is 5.32. The third-order valence-corrected chi connectivity index (χ3v) is 3.85. The average molecular weight is 254 g/mol. The zero-order valence-corrected chi connectivity index (χ0v) is 11.1. The number of aryl methyl sites for hydroxylation is 1. The lowest BCUT2D eigenvalue weighted by Gasteiger charge is -2.26. The standard InChI is InChI=1S/C16H18N2O/c1-11-9-17-16(18-10-11)15(19)14-7-3-6-13(8-14)12-4-2-5-12/h3,6-10,12,15,19H,2,4-5H2,1H3. The third-order valence-electron chi connectivity index (χ3n) is 3.85. The monoisotopic (exact) mass is 254 g/mol. The summed E-state index contributed by atoms with van der Waals surface area (Å²) in [6.07, 6.45) is 6.59. The fourth-order valence-corrected chi connectivity index (χ4v) is 2.42. The molecule has 0 aliphatic heterocycles. The first-order valence-electron chi connectivity index (χ1n) is 6.80. The number of rotatable bonds is 3. The predicted molar refractivity (Wildman–Crippen MR) is 73.9 cm³/mol. The summed E-state index contributed by atoms with van der Waals surface area (Å²) < 4.78 is 0. The molecule has 0 saturated heterocycles. The highest BCUT2D eigenvalue weighted by atomic mass is 16.3. The number of nitrogens with zero attached hydrogens (tertiary/aromatic N) is 2. The van der Waals surface area contributed by atoms with E-state index in [0.29, 0.717) is 11.7 Å². The van der Waals surface area contributed by atoms with Crippen LogP contribution in [0.3, 0.4) is 0 Å². The highest BCUT2D eigenvalue weighted by molar-refractivity contribution is 5.31. The summed E-state index contributed by atoms with van der Waals surface area (Å²) in [5.74, 6) is 1.14. The summed E-state index contributed by atoms with van der Waals surface area (Å²) in [6.45, 7) is 1.94. The highest BCUT2D eigenvalue weighted by Crippen LogP contribution is 2.37. The van der Waals surface area contributed by atoms with E-state index < -0.39 is 6.10 Å². The van der Waals surface area contributed by atoms with Crippen LogP contribution in [0, 0.1) is 6.92 Å². The molecule has 2 aromatic rings. The molecular formula is C16H18N2O. The van der Waals surface area contributed by atoms with E-state index in [9.17, 15) is 5.11 Å². The van der Waals surface area contributed by atoms with Crippen molar-refractivity contribution in [3.05, 3.63) is 59.2 Å². The maximum atomic E-state index is 10.4. The van der Waals surface area contributed by atoms with Gasteiger partial charge >= 0.3 is 0 Å². The smallest absolute Gasteiger partial charge is 0.161 e. The molecule has 1 aromatic carbocycles. The van der Waals surface area contributed by atoms with E-state index in [4.69, 9.17) is 0 Å². The summed E-state index contributed by atoms with van der Waals surface area (Å²) >= 11 is 0. The molecule has 1 saturated carbocycles. The van der Waals surface area contributed by atoms with E-state index in [2.05, 4.69) is 22.1 Å². The van der Waals surface area contributed by atoms with Crippen LogP contribution in [-0.4, -0.2) is 15.1 Å². The van der Waals surface area contributed by atoms with Gasteiger partial charge < -0.3 is 5.11 Å². The first-order valence-corrected chi connectivity index (χ1v) is 6.80. The van der Waals surface area contributed by atoms with Crippen LogP contribution in [0.2, 0.25) is 0 Å². The number of aliphatic hydroxyl groups excluding tert-OH is 1. The van der Waals surface area contributed by atoms with E-state index in [1.54, 1.807) is 12.4 Å². The number of benzene rings is 1. The van der Waals surface area contributed by atoms with Gasteiger partial charge in [0, 0.05) is 12.4 Å². The van der Waals surface area contributed by atoms with Crippen molar-refractivity contribution < 1.29 is 5.11 Å². The summed E-state index contributed by atoms with van der Waals surface area (Å²) in [4.78, 5) is 8.40. The SMILES string of the molecule is Cc1cnc(C(O)c2cccc(C3CCC3)c2)nc1. The van der Waals surface area contributed by atoms with Crippen molar-refractivity contribution >= 4 is 0 Å². The summed E-state index contributed by atoms with van der Waals surface area (Å²) in [5, 5.41) is 10.4. The topological polar surface area (TPSA) is 46.0 Å². The van der Waals surface area contributed by atoms with Gasteiger partial charge in [-0.2, -0.15) is 0 Å². The molecule has 1 atom stereocenters. The molecule has 19 heavy (non-hydrogen) atoms. The quantitative estimate of drug-likeness (QED) is 0.915. The molecule has 1 heterocycles. The van der Waals surface area contributed by atoms with Crippen LogP contribution in [0.4, 0.5) is 0 Å². The fraction of sp³-hybridized carbons (Fsp3) is 0.375. The molecule has 98 valence electrons. The molecule has 3 heteroatoms.